The average Bonchev–Trinajstić information content (AvgIpc) is 3.09. The van der Waals surface area contributed by atoms with Crippen LogP contribution in [0.15, 0.2) is 48.5 Å². The first-order valence-corrected chi connectivity index (χ1v) is 10.9. The first-order chi connectivity index (χ1) is 15.6. The predicted octanol–water partition coefficient (Wildman–Crippen LogP) is 2.89. The van der Waals surface area contributed by atoms with Gasteiger partial charge in [-0.05, 0) is 41.5 Å². The van der Waals surface area contributed by atoms with E-state index in [4.69, 9.17) is 9.84 Å². The number of carboxylic acid groups (broad SMARTS) is 1. The van der Waals surface area contributed by atoms with E-state index in [-0.39, 0.29) is 18.4 Å². The van der Waals surface area contributed by atoms with Gasteiger partial charge in [-0.25, -0.2) is 9.59 Å². The summed E-state index contributed by atoms with van der Waals surface area (Å²) in [6.45, 7) is 4.51. The summed E-state index contributed by atoms with van der Waals surface area (Å²) in [4.78, 5) is 36.2. The third-order valence-electron chi connectivity index (χ3n) is 5.73. The summed E-state index contributed by atoms with van der Waals surface area (Å²) in [5.41, 5.74) is 2.29. The highest BCUT2D eigenvalue weighted by Crippen LogP contribution is 2.44. The standard InChI is InChI=1S/C25H30N2O6/c1-15(2)12-21(22(28)26-14-25(3,32)23(29)30)27-24(31)33-13-20-18-10-6-4-8-16(18)17-9-5-7-11-19(17)20/h4-11,15,20-21,32H,12-14H2,1-3H3,(H,26,28)(H,27,31)(H,29,30)/t21-,25?/m0/s1. The van der Waals surface area contributed by atoms with Crippen LogP contribution in [0, 0.1) is 5.92 Å². The van der Waals surface area contributed by atoms with Crippen molar-refractivity contribution in [2.45, 2.75) is 44.8 Å². The minimum absolute atomic E-state index is 0.0784. The van der Waals surface area contributed by atoms with E-state index in [0.717, 1.165) is 29.2 Å². The number of aliphatic hydroxyl groups is 1. The molecule has 176 valence electrons. The molecule has 2 aromatic rings. The molecule has 33 heavy (non-hydrogen) atoms. The summed E-state index contributed by atoms with van der Waals surface area (Å²) >= 11 is 0. The van der Waals surface area contributed by atoms with E-state index in [0.29, 0.717) is 6.42 Å². The molecule has 4 N–H and O–H groups in total. The van der Waals surface area contributed by atoms with Gasteiger partial charge in [0.05, 0.1) is 6.54 Å². The van der Waals surface area contributed by atoms with Crippen LogP contribution in [0.5, 0.6) is 0 Å². The summed E-state index contributed by atoms with van der Waals surface area (Å²) in [5, 5.41) is 23.8. The third kappa shape index (κ3) is 5.70. The molecule has 1 aliphatic rings. The van der Waals surface area contributed by atoms with Crippen LogP contribution >= 0.6 is 0 Å². The Morgan fingerprint density at radius 3 is 2.09 bits per heavy atom. The Kier molecular flexibility index (Phi) is 7.38. The van der Waals surface area contributed by atoms with Crippen molar-refractivity contribution in [1.82, 2.24) is 10.6 Å². The van der Waals surface area contributed by atoms with Gasteiger partial charge in [0.15, 0.2) is 5.60 Å². The van der Waals surface area contributed by atoms with Crippen molar-refractivity contribution < 1.29 is 29.3 Å². The SMILES string of the molecule is CC(C)C[C@H](NC(=O)OCC1c2ccccc2-c2ccccc21)C(=O)NCC(C)(O)C(=O)O. The molecule has 2 atom stereocenters. The van der Waals surface area contributed by atoms with Crippen LogP contribution in [0.2, 0.25) is 0 Å². The number of hydrogen-bond donors (Lipinski definition) is 4. The summed E-state index contributed by atoms with van der Waals surface area (Å²) in [5.74, 6) is -2.06. The molecule has 1 aliphatic carbocycles. The Labute approximate surface area is 193 Å². The maximum Gasteiger partial charge on any atom is 0.407 e. The van der Waals surface area contributed by atoms with Gasteiger partial charge in [0.1, 0.15) is 12.6 Å². The van der Waals surface area contributed by atoms with Crippen LogP contribution in [-0.4, -0.2) is 53.0 Å². The number of carbonyl (C=O) groups excluding carboxylic acids is 2. The van der Waals surface area contributed by atoms with Gasteiger partial charge in [0, 0.05) is 5.92 Å². The molecule has 0 heterocycles. The maximum atomic E-state index is 12.6. The largest absolute Gasteiger partial charge is 0.479 e. The van der Waals surface area contributed by atoms with Crippen LogP contribution < -0.4 is 10.6 Å². The first-order valence-electron chi connectivity index (χ1n) is 10.9. The predicted molar refractivity (Wildman–Crippen MR) is 123 cm³/mol. The monoisotopic (exact) mass is 454 g/mol. The van der Waals surface area contributed by atoms with E-state index in [1.54, 1.807) is 0 Å². The minimum Gasteiger partial charge on any atom is -0.479 e. The van der Waals surface area contributed by atoms with Crippen molar-refractivity contribution in [2.24, 2.45) is 5.92 Å². The summed E-state index contributed by atoms with van der Waals surface area (Å²) in [6, 6.07) is 15.1. The number of rotatable bonds is 9. The first kappa shape index (κ1) is 24.3. The topological polar surface area (TPSA) is 125 Å². The van der Waals surface area contributed by atoms with Crippen molar-refractivity contribution >= 4 is 18.0 Å². The number of amides is 2. The van der Waals surface area contributed by atoms with Gasteiger partial charge in [-0.15, -0.1) is 0 Å². The van der Waals surface area contributed by atoms with Crippen molar-refractivity contribution in [3.8, 4) is 11.1 Å². The lowest BCUT2D eigenvalue weighted by atomic mass is 9.98. The molecule has 0 saturated carbocycles. The molecule has 0 bridgehead atoms. The molecule has 1 unspecified atom stereocenters. The lowest BCUT2D eigenvalue weighted by molar-refractivity contribution is -0.156. The zero-order valence-electron chi connectivity index (χ0n) is 19.0. The van der Waals surface area contributed by atoms with Crippen molar-refractivity contribution in [2.75, 3.05) is 13.2 Å². The molecule has 0 aliphatic heterocycles. The van der Waals surface area contributed by atoms with Gasteiger partial charge in [-0.3, -0.25) is 4.79 Å². The minimum atomic E-state index is -2.11. The zero-order valence-corrected chi connectivity index (χ0v) is 19.0. The van der Waals surface area contributed by atoms with E-state index in [2.05, 4.69) is 10.6 Å². The second-order valence-corrected chi connectivity index (χ2v) is 8.95. The van der Waals surface area contributed by atoms with E-state index in [1.807, 2.05) is 62.4 Å². The van der Waals surface area contributed by atoms with Crippen molar-refractivity contribution in [3.63, 3.8) is 0 Å². The highest BCUT2D eigenvalue weighted by atomic mass is 16.5. The van der Waals surface area contributed by atoms with Gasteiger partial charge in [-0.1, -0.05) is 62.4 Å². The number of fused-ring (bicyclic) bond motifs is 3. The van der Waals surface area contributed by atoms with E-state index in [9.17, 15) is 19.5 Å². The van der Waals surface area contributed by atoms with Gasteiger partial charge < -0.3 is 25.6 Å². The molecule has 3 rings (SSSR count). The highest BCUT2D eigenvalue weighted by molar-refractivity contribution is 5.86. The highest BCUT2D eigenvalue weighted by Gasteiger charge is 2.33. The molecule has 0 radical (unpaired) electrons. The van der Waals surface area contributed by atoms with Gasteiger partial charge >= 0.3 is 12.1 Å². The van der Waals surface area contributed by atoms with Crippen molar-refractivity contribution in [1.29, 1.82) is 0 Å². The van der Waals surface area contributed by atoms with Crippen molar-refractivity contribution in [3.05, 3.63) is 59.7 Å². The average molecular weight is 455 g/mol. The van der Waals surface area contributed by atoms with Crippen LogP contribution in [0.3, 0.4) is 0 Å². The molecule has 8 heteroatoms. The number of alkyl carbamates (subject to hydrolysis) is 1. The molecule has 0 spiro atoms. The smallest absolute Gasteiger partial charge is 0.407 e. The lowest BCUT2D eigenvalue weighted by Crippen LogP contribution is -2.53. The fourth-order valence-corrected chi connectivity index (χ4v) is 3.94. The van der Waals surface area contributed by atoms with Crippen LogP contribution in [0.4, 0.5) is 4.79 Å². The van der Waals surface area contributed by atoms with Gasteiger partial charge in [0.25, 0.3) is 0 Å². The van der Waals surface area contributed by atoms with E-state index >= 15 is 0 Å². The molecule has 0 saturated heterocycles. The fourth-order valence-electron chi connectivity index (χ4n) is 3.94. The molecule has 2 aromatic carbocycles. The lowest BCUT2D eigenvalue weighted by Gasteiger charge is -2.23. The second kappa shape index (κ2) is 10.0. The summed E-state index contributed by atoms with van der Waals surface area (Å²) in [6.07, 6.45) is -0.409. The Morgan fingerprint density at radius 1 is 1.03 bits per heavy atom. The number of hydrogen-bond acceptors (Lipinski definition) is 5. The quantitative estimate of drug-likeness (QED) is 0.462. The third-order valence-corrected chi connectivity index (χ3v) is 5.73. The van der Waals surface area contributed by atoms with Gasteiger partial charge in [-0.2, -0.15) is 0 Å². The molecule has 0 aromatic heterocycles. The fraction of sp³-hybridized carbons (Fsp3) is 0.400. The number of benzene rings is 2. The number of aliphatic carboxylic acids is 1. The van der Waals surface area contributed by atoms with Crippen LogP contribution in [-0.2, 0) is 14.3 Å². The summed E-state index contributed by atoms with van der Waals surface area (Å²) in [7, 11) is 0. The number of ether oxygens (including phenoxy) is 1. The van der Waals surface area contributed by atoms with E-state index in [1.165, 1.54) is 0 Å². The van der Waals surface area contributed by atoms with Gasteiger partial charge in [0.2, 0.25) is 5.91 Å². The molecular formula is C25H30N2O6. The number of carbonyl (C=O) groups is 3. The molecule has 0 fully saturated rings. The second-order valence-electron chi connectivity index (χ2n) is 8.95. The maximum absolute atomic E-state index is 12.6. The Hall–Kier alpha value is -3.39. The Morgan fingerprint density at radius 2 is 1.58 bits per heavy atom. The molecular weight excluding hydrogens is 424 g/mol. The molecule has 2 amide bonds. The Balaban J connectivity index is 1.64. The molecule has 8 nitrogen and oxygen atoms in total. The number of carboxylic acids is 1. The number of nitrogens with one attached hydrogen (secondary N) is 2. The van der Waals surface area contributed by atoms with E-state index < -0.39 is 36.2 Å². The van der Waals surface area contributed by atoms with Crippen LogP contribution in [0.1, 0.15) is 44.2 Å². The normalized spacial score (nSPS) is 15.2. The Bertz CT molecular complexity index is 988. The van der Waals surface area contributed by atoms with Crippen LogP contribution in [0.25, 0.3) is 11.1 Å². The summed E-state index contributed by atoms with van der Waals surface area (Å²) < 4.78 is 5.51. The zero-order chi connectivity index (χ0) is 24.2.